The average molecular weight is 361 g/mol. The first-order valence-electron chi connectivity index (χ1n) is 6.87. The molecule has 0 aromatic heterocycles. The SMILES string of the molecule is Cc1ccc(Br)cc1S(=O)(=O)N1C(C)CCCC1CN. The second kappa shape index (κ2) is 6.13. The Balaban J connectivity index is 2.49. The van der Waals surface area contributed by atoms with Crippen LogP contribution >= 0.6 is 15.9 Å². The number of aryl methyl sites for hydroxylation is 1. The lowest BCUT2D eigenvalue weighted by atomic mass is 10.00. The molecule has 1 heterocycles. The molecule has 1 fully saturated rings. The molecule has 2 atom stereocenters. The van der Waals surface area contributed by atoms with E-state index >= 15 is 0 Å². The quantitative estimate of drug-likeness (QED) is 0.900. The fourth-order valence-electron chi connectivity index (χ4n) is 2.88. The van der Waals surface area contributed by atoms with Crippen molar-refractivity contribution in [3.8, 4) is 0 Å². The molecule has 1 aliphatic heterocycles. The molecule has 112 valence electrons. The topological polar surface area (TPSA) is 63.4 Å². The largest absolute Gasteiger partial charge is 0.329 e. The lowest BCUT2D eigenvalue weighted by molar-refractivity contribution is 0.196. The van der Waals surface area contributed by atoms with Crippen LogP contribution in [-0.2, 0) is 10.0 Å². The number of benzene rings is 1. The van der Waals surface area contributed by atoms with Gasteiger partial charge >= 0.3 is 0 Å². The Morgan fingerprint density at radius 1 is 1.40 bits per heavy atom. The smallest absolute Gasteiger partial charge is 0.243 e. The fourth-order valence-corrected chi connectivity index (χ4v) is 5.54. The van der Waals surface area contributed by atoms with Gasteiger partial charge in [-0.3, -0.25) is 0 Å². The summed E-state index contributed by atoms with van der Waals surface area (Å²) in [6, 6.07) is 5.26. The molecule has 0 bridgehead atoms. The Kier molecular flexibility index (Phi) is 4.89. The second-order valence-electron chi connectivity index (χ2n) is 5.41. The Hall–Kier alpha value is -0.430. The van der Waals surface area contributed by atoms with E-state index in [-0.39, 0.29) is 12.1 Å². The summed E-state index contributed by atoms with van der Waals surface area (Å²) in [4.78, 5) is 0.374. The molecule has 2 unspecified atom stereocenters. The zero-order chi connectivity index (χ0) is 14.9. The maximum atomic E-state index is 13.0. The molecule has 1 saturated heterocycles. The summed E-state index contributed by atoms with van der Waals surface area (Å²) in [5.74, 6) is 0. The van der Waals surface area contributed by atoms with Crippen LogP contribution in [0.3, 0.4) is 0 Å². The summed E-state index contributed by atoms with van der Waals surface area (Å²) in [5, 5.41) is 0. The number of hydrogen-bond donors (Lipinski definition) is 1. The van der Waals surface area contributed by atoms with Crippen molar-refractivity contribution in [1.29, 1.82) is 0 Å². The molecule has 1 aromatic rings. The minimum Gasteiger partial charge on any atom is -0.329 e. The third kappa shape index (κ3) is 2.93. The zero-order valence-corrected chi connectivity index (χ0v) is 14.2. The highest BCUT2D eigenvalue weighted by Crippen LogP contribution is 2.31. The van der Waals surface area contributed by atoms with Crippen molar-refractivity contribution >= 4 is 26.0 Å². The van der Waals surface area contributed by atoms with E-state index in [0.717, 1.165) is 29.3 Å². The molecule has 0 radical (unpaired) electrons. The summed E-state index contributed by atoms with van der Waals surface area (Å²) in [5.41, 5.74) is 6.55. The summed E-state index contributed by atoms with van der Waals surface area (Å²) < 4.78 is 28.4. The number of sulfonamides is 1. The van der Waals surface area contributed by atoms with Gasteiger partial charge in [0.15, 0.2) is 0 Å². The lowest BCUT2D eigenvalue weighted by Crippen LogP contribution is -2.51. The maximum Gasteiger partial charge on any atom is 0.243 e. The van der Waals surface area contributed by atoms with Crippen LogP contribution in [0.15, 0.2) is 27.6 Å². The first-order valence-corrected chi connectivity index (χ1v) is 9.11. The van der Waals surface area contributed by atoms with Crippen molar-refractivity contribution in [2.75, 3.05) is 6.54 Å². The molecule has 0 saturated carbocycles. The van der Waals surface area contributed by atoms with E-state index in [1.807, 2.05) is 26.0 Å². The minimum atomic E-state index is -3.50. The van der Waals surface area contributed by atoms with Gasteiger partial charge in [-0.05, 0) is 44.4 Å². The van der Waals surface area contributed by atoms with Crippen LogP contribution in [-0.4, -0.2) is 31.4 Å². The Bertz CT molecular complexity index is 589. The summed E-state index contributed by atoms with van der Waals surface area (Å²) >= 11 is 3.35. The number of hydrogen-bond acceptors (Lipinski definition) is 3. The van der Waals surface area contributed by atoms with Crippen LogP contribution in [0.25, 0.3) is 0 Å². The van der Waals surface area contributed by atoms with Gasteiger partial charge in [0.25, 0.3) is 0 Å². The van der Waals surface area contributed by atoms with Crippen molar-refractivity contribution in [2.24, 2.45) is 5.73 Å². The van der Waals surface area contributed by atoms with Gasteiger partial charge in [-0.2, -0.15) is 4.31 Å². The Labute approximate surface area is 129 Å². The third-order valence-electron chi connectivity index (χ3n) is 3.93. The van der Waals surface area contributed by atoms with Gasteiger partial charge in [-0.15, -0.1) is 0 Å². The summed E-state index contributed by atoms with van der Waals surface area (Å²) in [6.45, 7) is 4.16. The van der Waals surface area contributed by atoms with Crippen LogP contribution in [0.2, 0.25) is 0 Å². The van der Waals surface area contributed by atoms with Crippen molar-refractivity contribution in [1.82, 2.24) is 4.31 Å². The molecule has 1 aromatic carbocycles. The minimum absolute atomic E-state index is 0.000631. The molecule has 0 aliphatic carbocycles. The molecular weight excluding hydrogens is 340 g/mol. The van der Waals surface area contributed by atoms with Crippen LogP contribution in [0.1, 0.15) is 31.7 Å². The van der Waals surface area contributed by atoms with Crippen molar-refractivity contribution < 1.29 is 8.42 Å². The lowest BCUT2D eigenvalue weighted by Gasteiger charge is -2.39. The standard InChI is InChI=1S/C14H21BrN2O2S/c1-10-6-7-12(15)8-14(10)20(18,19)17-11(2)4-3-5-13(17)9-16/h6-8,11,13H,3-5,9,16H2,1-2H3. The van der Waals surface area contributed by atoms with Gasteiger partial charge in [-0.1, -0.05) is 28.4 Å². The van der Waals surface area contributed by atoms with E-state index in [2.05, 4.69) is 15.9 Å². The van der Waals surface area contributed by atoms with Crippen molar-refractivity contribution in [2.45, 2.75) is 50.1 Å². The summed E-state index contributed by atoms with van der Waals surface area (Å²) in [6.07, 6.45) is 2.77. The number of nitrogens with zero attached hydrogens (tertiary/aromatic N) is 1. The van der Waals surface area contributed by atoms with Crippen molar-refractivity contribution in [3.63, 3.8) is 0 Å². The first-order chi connectivity index (χ1) is 9.37. The molecule has 0 amide bonds. The second-order valence-corrected chi connectivity index (χ2v) is 8.14. The van der Waals surface area contributed by atoms with Gasteiger partial charge in [0.05, 0.1) is 4.90 Å². The normalized spacial score (nSPS) is 24.8. The number of halogens is 1. The predicted molar refractivity (Wildman–Crippen MR) is 84.1 cm³/mol. The predicted octanol–water partition coefficient (Wildman–Crippen LogP) is 2.65. The molecule has 1 aliphatic rings. The number of nitrogens with two attached hydrogens (primary N) is 1. The average Bonchev–Trinajstić information content (AvgIpc) is 2.40. The van der Waals surface area contributed by atoms with Gasteiger partial charge < -0.3 is 5.73 Å². The molecule has 4 nitrogen and oxygen atoms in total. The third-order valence-corrected chi connectivity index (χ3v) is 6.63. The highest BCUT2D eigenvalue weighted by atomic mass is 79.9. The van der Waals surface area contributed by atoms with Crippen molar-refractivity contribution in [3.05, 3.63) is 28.2 Å². The number of piperidine rings is 1. The van der Waals surface area contributed by atoms with Crippen LogP contribution in [0.5, 0.6) is 0 Å². The molecule has 2 rings (SSSR count). The van der Waals surface area contributed by atoms with Crippen LogP contribution in [0.4, 0.5) is 0 Å². The maximum absolute atomic E-state index is 13.0. The number of rotatable bonds is 3. The van der Waals surface area contributed by atoms with Gasteiger partial charge in [-0.25, -0.2) is 8.42 Å². The molecular formula is C14H21BrN2O2S. The monoisotopic (exact) mass is 360 g/mol. The first kappa shape index (κ1) is 15.9. The highest BCUT2D eigenvalue weighted by molar-refractivity contribution is 9.10. The van der Waals surface area contributed by atoms with E-state index in [9.17, 15) is 8.42 Å². The van der Waals surface area contributed by atoms with E-state index in [1.54, 1.807) is 10.4 Å². The zero-order valence-electron chi connectivity index (χ0n) is 11.8. The molecule has 0 spiro atoms. The van der Waals surface area contributed by atoms with E-state index in [0.29, 0.717) is 11.4 Å². The van der Waals surface area contributed by atoms with Crippen LogP contribution < -0.4 is 5.73 Å². The van der Waals surface area contributed by atoms with Gasteiger partial charge in [0, 0.05) is 23.1 Å². The van der Waals surface area contributed by atoms with E-state index < -0.39 is 10.0 Å². The Morgan fingerprint density at radius 3 is 2.75 bits per heavy atom. The summed E-state index contributed by atoms with van der Waals surface area (Å²) in [7, 11) is -3.50. The highest BCUT2D eigenvalue weighted by Gasteiger charge is 2.37. The van der Waals surface area contributed by atoms with E-state index in [4.69, 9.17) is 5.73 Å². The fraction of sp³-hybridized carbons (Fsp3) is 0.571. The van der Waals surface area contributed by atoms with Gasteiger partial charge in [0.1, 0.15) is 0 Å². The van der Waals surface area contributed by atoms with Gasteiger partial charge in [0.2, 0.25) is 10.0 Å². The van der Waals surface area contributed by atoms with Crippen LogP contribution in [0, 0.1) is 6.92 Å². The van der Waals surface area contributed by atoms with E-state index in [1.165, 1.54) is 0 Å². The Morgan fingerprint density at radius 2 is 2.10 bits per heavy atom. The molecule has 20 heavy (non-hydrogen) atoms. The molecule has 6 heteroatoms. The molecule has 2 N–H and O–H groups in total.